The lowest BCUT2D eigenvalue weighted by molar-refractivity contribution is -0.190. The monoisotopic (exact) mass is 1040 g/mol. The number of primary amides is 2. The highest BCUT2D eigenvalue weighted by Gasteiger charge is 2.51. The van der Waals surface area contributed by atoms with E-state index in [0.29, 0.717) is 22.5 Å². The van der Waals surface area contributed by atoms with E-state index in [1.54, 1.807) is 78.2 Å². The van der Waals surface area contributed by atoms with Crippen LogP contribution in [-0.2, 0) is 63.5 Å². The second-order valence-corrected chi connectivity index (χ2v) is 20.6. The number of ether oxygens (including phenoxy) is 4. The molecule has 3 atom stereocenters. The molecule has 0 unspecified atom stereocenters. The van der Waals surface area contributed by atoms with Gasteiger partial charge in [-0.3, -0.25) is 24.1 Å². The number of nitrogens with one attached hydrogen (secondary N) is 3. The normalized spacial score (nSPS) is 15.8. The van der Waals surface area contributed by atoms with Crippen molar-refractivity contribution >= 4 is 74.5 Å². The number of hydrogen-bond acceptors (Lipinski definition) is 13. The minimum atomic E-state index is -1.91. The lowest BCUT2D eigenvalue weighted by atomic mass is 9.85. The zero-order valence-corrected chi connectivity index (χ0v) is 42.7. The highest BCUT2D eigenvalue weighted by molar-refractivity contribution is 9.10. The molecule has 71 heavy (non-hydrogen) atoms. The van der Waals surface area contributed by atoms with Gasteiger partial charge in [0.15, 0.2) is 0 Å². The van der Waals surface area contributed by atoms with Crippen LogP contribution >= 0.6 is 15.9 Å². The molecule has 7 N–H and O–H groups in total. The molecule has 4 heterocycles. The standard InChI is InChI=1S/C50H61BrN8O12/c1-9-50(33-21-37-40-29(20-31-34(51)12-10-13-35(31)56-40)23-58(37)42(62)32(33)25-68-44(50)64)70-38(60)22-49(7,8)26-55-46(66)69-24-28-15-17-30(18-16-28)59(36(41(52)61)14-11-19-54-45(53)65)43(63)39(27(2)3)57-47(67)71-48(4,5)6/h10,12-13,15-18,20-21,27,36,39H,9,11,14,19,22-26H2,1-8H3,(H2,52,61)(H,55,66)(H,57,67)(H3,53,54,65)/t36-,39-,50-/m0/s1. The Morgan fingerprint density at radius 1 is 0.972 bits per heavy atom. The molecule has 0 saturated carbocycles. The van der Waals surface area contributed by atoms with Gasteiger partial charge in [-0.1, -0.05) is 68.7 Å². The van der Waals surface area contributed by atoms with Crippen molar-refractivity contribution in [3.8, 4) is 11.4 Å². The first-order valence-electron chi connectivity index (χ1n) is 23.2. The summed E-state index contributed by atoms with van der Waals surface area (Å²) < 4.78 is 24.9. The number of esters is 2. The molecular formula is C50H61BrN8O12. The lowest BCUT2D eigenvalue weighted by Gasteiger charge is -2.36. The molecule has 0 aliphatic carbocycles. The van der Waals surface area contributed by atoms with Crippen molar-refractivity contribution in [3.05, 3.63) is 91.7 Å². The van der Waals surface area contributed by atoms with E-state index in [-0.39, 0.29) is 80.9 Å². The van der Waals surface area contributed by atoms with Crippen molar-refractivity contribution < 1.29 is 52.5 Å². The molecule has 6 amide bonds. The number of benzene rings is 2. The number of aromatic nitrogens is 2. The fourth-order valence-electron chi connectivity index (χ4n) is 8.54. The van der Waals surface area contributed by atoms with Crippen molar-refractivity contribution in [2.24, 2.45) is 22.8 Å². The van der Waals surface area contributed by atoms with Crippen molar-refractivity contribution in [2.75, 3.05) is 18.0 Å². The molecule has 0 radical (unpaired) electrons. The van der Waals surface area contributed by atoms with Gasteiger partial charge in [0.25, 0.3) is 11.5 Å². The number of nitrogens with two attached hydrogens (primary N) is 2. The molecule has 2 aromatic heterocycles. The van der Waals surface area contributed by atoms with E-state index in [1.807, 2.05) is 24.3 Å². The van der Waals surface area contributed by atoms with Crippen LogP contribution in [0.3, 0.4) is 0 Å². The Balaban J connectivity index is 1.11. The summed E-state index contributed by atoms with van der Waals surface area (Å²) in [5, 5.41) is 8.62. The second-order valence-electron chi connectivity index (χ2n) is 19.7. The molecule has 0 bridgehead atoms. The maximum absolute atomic E-state index is 14.3. The van der Waals surface area contributed by atoms with Crippen LogP contribution in [0.5, 0.6) is 0 Å². The Hall–Kier alpha value is -7.03. The Labute approximate surface area is 419 Å². The van der Waals surface area contributed by atoms with Gasteiger partial charge >= 0.3 is 30.2 Å². The molecule has 380 valence electrons. The van der Waals surface area contributed by atoms with Crippen LogP contribution in [0.25, 0.3) is 22.3 Å². The fourth-order valence-corrected chi connectivity index (χ4v) is 9.01. The Bertz CT molecular complexity index is 2810. The number of fused-ring (bicyclic) bond motifs is 5. The zero-order valence-electron chi connectivity index (χ0n) is 41.1. The molecule has 21 heteroatoms. The number of carbonyl (C=O) groups is 7. The summed E-state index contributed by atoms with van der Waals surface area (Å²) in [6.07, 6.45) is -1.66. The van der Waals surface area contributed by atoms with E-state index in [0.717, 1.165) is 15.4 Å². The summed E-state index contributed by atoms with van der Waals surface area (Å²) in [5.74, 6) is -3.51. The first-order chi connectivity index (χ1) is 33.3. The average molecular weight is 1050 g/mol. The first kappa shape index (κ1) is 53.3. The molecule has 0 fully saturated rings. The predicted molar refractivity (Wildman–Crippen MR) is 264 cm³/mol. The average Bonchev–Trinajstić information content (AvgIpc) is 3.65. The molecule has 4 aromatic rings. The van der Waals surface area contributed by atoms with Crippen LogP contribution in [-0.4, -0.2) is 82.3 Å². The Morgan fingerprint density at radius 2 is 1.68 bits per heavy atom. The van der Waals surface area contributed by atoms with E-state index in [9.17, 15) is 38.4 Å². The van der Waals surface area contributed by atoms with Crippen molar-refractivity contribution in [1.29, 1.82) is 0 Å². The van der Waals surface area contributed by atoms with E-state index >= 15 is 0 Å². The number of hydrogen-bond donors (Lipinski definition) is 5. The summed E-state index contributed by atoms with van der Waals surface area (Å²) in [6.45, 7) is 13.4. The van der Waals surface area contributed by atoms with Crippen LogP contribution in [0, 0.1) is 11.3 Å². The molecule has 20 nitrogen and oxygen atoms in total. The van der Waals surface area contributed by atoms with Crippen LogP contribution in [0.15, 0.2) is 63.9 Å². The van der Waals surface area contributed by atoms with Gasteiger partial charge in [-0.25, -0.2) is 24.2 Å². The molecule has 2 aliphatic heterocycles. The van der Waals surface area contributed by atoms with Gasteiger partial charge in [-0.05, 0) is 93.3 Å². The third-order valence-corrected chi connectivity index (χ3v) is 12.8. The van der Waals surface area contributed by atoms with E-state index in [4.69, 9.17) is 35.4 Å². The molecule has 2 aliphatic rings. The van der Waals surface area contributed by atoms with Gasteiger partial charge < -0.3 is 50.9 Å². The van der Waals surface area contributed by atoms with Gasteiger partial charge in [-0.2, -0.15) is 0 Å². The number of urea groups is 1. The van der Waals surface area contributed by atoms with Gasteiger partial charge in [0.2, 0.25) is 11.5 Å². The fraction of sp³-hybridized carbons (Fsp3) is 0.460. The summed E-state index contributed by atoms with van der Waals surface area (Å²) in [6, 6.07) is 12.4. The van der Waals surface area contributed by atoms with Crippen molar-refractivity contribution in [1.82, 2.24) is 25.5 Å². The number of pyridine rings is 2. The number of halogens is 1. The summed E-state index contributed by atoms with van der Waals surface area (Å²) in [7, 11) is 0. The van der Waals surface area contributed by atoms with Gasteiger partial charge in [-0.15, -0.1) is 0 Å². The van der Waals surface area contributed by atoms with Crippen LogP contribution in [0.2, 0.25) is 0 Å². The van der Waals surface area contributed by atoms with Crippen LogP contribution < -0.4 is 37.9 Å². The topological polar surface area (TPSA) is 283 Å². The first-order valence-corrected chi connectivity index (χ1v) is 24.0. The zero-order chi connectivity index (χ0) is 52.2. The van der Waals surface area contributed by atoms with E-state index in [1.165, 1.54) is 17.0 Å². The van der Waals surface area contributed by atoms with Crippen molar-refractivity contribution in [3.63, 3.8) is 0 Å². The number of alkyl carbamates (subject to hydrolysis) is 2. The summed E-state index contributed by atoms with van der Waals surface area (Å²) in [4.78, 5) is 112. The lowest BCUT2D eigenvalue weighted by Crippen LogP contribution is -2.57. The highest BCUT2D eigenvalue weighted by Crippen LogP contribution is 2.42. The SMILES string of the molecule is CC[C@@]1(OC(=O)CC(C)(C)CNC(=O)OCc2ccc(N(C(=O)[C@@H](NC(=O)OC(C)(C)C)C(C)C)[C@@H](CCCNC(N)=O)C(N)=O)cc2)C(=O)OCc2c1cc1n(c2=O)Cc2cc3c(Br)cccc3nc2-1. The number of nitrogens with zero attached hydrogens (tertiary/aromatic N) is 3. The van der Waals surface area contributed by atoms with Crippen LogP contribution in [0.4, 0.5) is 20.1 Å². The summed E-state index contributed by atoms with van der Waals surface area (Å²) >= 11 is 3.58. The Morgan fingerprint density at radius 3 is 2.31 bits per heavy atom. The number of carbonyl (C=O) groups excluding carboxylic acids is 7. The van der Waals surface area contributed by atoms with Gasteiger partial charge in [0.05, 0.1) is 35.4 Å². The molecule has 0 spiro atoms. The van der Waals surface area contributed by atoms with Gasteiger partial charge in [0, 0.05) is 39.8 Å². The highest BCUT2D eigenvalue weighted by atomic mass is 79.9. The largest absolute Gasteiger partial charge is 0.457 e. The number of amides is 6. The molecule has 0 saturated heterocycles. The summed E-state index contributed by atoms with van der Waals surface area (Å²) in [5.41, 5.74) is 10.8. The minimum absolute atomic E-state index is 0.0235. The van der Waals surface area contributed by atoms with Crippen molar-refractivity contribution in [2.45, 2.75) is 124 Å². The Kier molecular flexibility index (Phi) is 16.2. The quantitative estimate of drug-likeness (QED) is 0.0388. The van der Waals surface area contributed by atoms with E-state index in [2.05, 4.69) is 31.9 Å². The molecule has 2 aromatic carbocycles. The number of rotatable bonds is 18. The second kappa shape index (κ2) is 21.5. The predicted octanol–water partition coefficient (Wildman–Crippen LogP) is 5.92. The van der Waals surface area contributed by atoms with Crippen LogP contribution in [0.1, 0.15) is 103 Å². The van der Waals surface area contributed by atoms with E-state index < -0.39 is 76.6 Å². The van der Waals surface area contributed by atoms with Gasteiger partial charge in [0.1, 0.15) is 30.9 Å². The third-order valence-electron chi connectivity index (χ3n) is 12.1. The maximum Gasteiger partial charge on any atom is 0.408 e. The smallest absolute Gasteiger partial charge is 0.408 e. The molecule has 6 rings (SSSR count). The minimum Gasteiger partial charge on any atom is -0.457 e. The number of cyclic esters (lactones) is 1. The maximum atomic E-state index is 14.3. The third kappa shape index (κ3) is 12.3. The molecular weight excluding hydrogens is 984 g/mol. The number of anilines is 1.